The van der Waals surface area contributed by atoms with Crippen LogP contribution in [0.5, 0.6) is 0 Å². The lowest BCUT2D eigenvalue weighted by molar-refractivity contribution is -0.125. The number of carbonyl (C=O) groups is 2. The van der Waals surface area contributed by atoms with Crippen molar-refractivity contribution in [2.45, 2.75) is 6.42 Å². The van der Waals surface area contributed by atoms with E-state index >= 15 is 0 Å². The summed E-state index contributed by atoms with van der Waals surface area (Å²) in [5.41, 5.74) is 4.56. The number of aromatic nitrogens is 2. The zero-order valence-corrected chi connectivity index (χ0v) is 12.5. The van der Waals surface area contributed by atoms with Crippen LogP contribution >= 0.6 is 0 Å². The second-order valence-electron chi connectivity index (χ2n) is 5.35. The molecule has 0 aliphatic carbocycles. The van der Waals surface area contributed by atoms with E-state index in [2.05, 4.69) is 0 Å². The van der Waals surface area contributed by atoms with Crippen LogP contribution in [0.3, 0.4) is 0 Å². The molecule has 1 saturated heterocycles. The Kier molecular flexibility index (Phi) is 4.30. The molecule has 0 spiro atoms. The fraction of sp³-hybridized carbons (Fsp3) is 0.429. The number of likely N-dealkylation sites (tertiary alicyclic amines) is 1. The largest absolute Gasteiger partial charge is 0.369 e. The van der Waals surface area contributed by atoms with E-state index in [1.165, 1.54) is 41.9 Å². The van der Waals surface area contributed by atoms with E-state index in [1.54, 1.807) is 0 Å². The van der Waals surface area contributed by atoms with Gasteiger partial charge in [-0.1, -0.05) is 0 Å². The molecule has 2 rings (SSSR count). The summed E-state index contributed by atoms with van der Waals surface area (Å²) in [5, 5.41) is 0. The molecule has 1 fully saturated rings. The van der Waals surface area contributed by atoms with Gasteiger partial charge in [0.25, 0.3) is 5.56 Å². The topological polar surface area (TPSA) is 107 Å². The Hall–Kier alpha value is -2.64. The van der Waals surface area contributed by atoms with Crippen LogP contribution in [0.1, 0.15) is 12.0 Å². The quantitative estimate of drug-likeness (QED) is 0.681. The Balaban J connectivity index is 2.16. The zero-order chi connectivity index (χ0) is 16.4. The Bertz CT molecular complexity index is 759. The van der Waals surface area contributed by atoms with Crippen LogP contribution in [0.4, 0.5) is 0 Å². The van der Waals surface area contributed by atoms with Crippen molar-refractivity contribution in [2.75, 3.05) is 13.1 Å². The molecule has 118 valence electrons. The first-order valence-corrected chi connectivity index (χ1v) is 6.84. The molecule has 8 nitrogen and oxygen atoms in total. The summed E-state index contributed by atoms with van der Waals surface area (Å²) >= 11 is 0. The minimum Gasteiger partial charge on any atom is -0.369 e. The second-order valence-corrected chi connectivity index (χ2v) is 5.35. The van der Waals surface area contributed by atoms with Crippen molar-refractivity contribution >= 4 is 17.9 Å². The van der Waals surface area contributed by atoms with Crippen LogP contribution in [0.2, 0.25) is 0 Å². The third-order valence-electron chi connectivity index (χ3n) is 3.78. The summed E-state index contributed by atoms with van der Waals surface area (Å²) in [6.45, 7) is 0.756. The Labute approximate surface area is 126 Å². The monoisotopic (exact) mass is 306 g/mol. The van der Waals surface area contributed by atoms with Crippen molar-refractivity contribution in [3.8, 4) is 0 Å². The van der Waals surface area contributed by atoms with E-state index in [0.717, 1.165) is 4.57 Å². The van der Waals surface area contributed by atoms with Crippen molar-refractivity contribution in [1.29, 1.82) is 0 Å². The van der Waals surface area contributed by atoms with Crippen molar-refractivity contribution in [3.05, 3.63) is 38.7 Å². The molecule has 22 heavy (non-hydrogen) atoms. The predicted molar refractivity (Wildman–Crippen MR) is 79.8 cm³/mol. The third kappa shape index (κ3) is 3.00. The summed E-state index contributed by atoms with van der Waals surface area (Å²) in [5.74, 6) is -1.02. The van der Waals surface area contributed by atoms with Gasteiger partial charge in [0, 0.05) is 39.5 Å². The van der Waals surface area contributed by atoms with Gasteiger partial charge in [0.15, 0.2) is 0 Å². The summed E-state index contributed by atoms with van der Waals surface area (Å²) in [6.07, 6.45) is 4.58. The molecule has 2 heterocycles. The standard InChI is InChI=1S/C14H18N4O4/c1-16-7-10(13(21)17(2)14(16)22)3-4-11(19)18-6-5-9(8-18)12(15)20/h3-4,7,9H,5-6,8H2,1-2H3,(H2,15,20)/b4-3+/t9-/m0/s1. The zero-order valence-electron chi connectivity index (χ0n) is 12.5. The highest BCUT2D eigenvalue weighted by atomic mass is 16.2. The average Bonchev–Trinajstić information content (AvgIpc) is 2.97. The number of carbonyl (C=O) groups excluding carboxylic acids is 2. The second kappa shape index (κ2) is 6.00. The maximum absolute atomic E-state index is 12.0. The molecular weight excluding hydrogens is 288 g/mol. The lowest BCUT2D eigenvalue weighted by Crippen LogP contribution is -2.37. The third-order valence-corrected chi connectivity index (χ3v) is 3.78. The lowest BCUT2D eigenvalue weighted by atomic mass is 10.1. The van der Waals surface area contributed by atoms with E-state index in [1.807, 2.05) is 0 Å². The fourth-order valence-electron chi connectivity index (χ4n) is 2.41. The first kappa shape index (κ1) is 15.7. The molecule has 2 amide bonds. The van der Waals surface area contributed by atoms with Crippen LogP contribution in [0.25, 0.3) is 6.08 Å². The van der Waals surface area contributed by atoms with Crippen LogP contribution in [0.15, 0.2) is 21.9 Å². The summed E-state index contributed by atoms with van der Waals surface area (Å²) < 4.78 is 2.24. The van der Waals surface area contributed by atoms with Crippen molar-refractivity contribution in [1.82, 2.24) is 14.0 Å². The molecule has 0 unspecified atom stereocenters. The Morgan fingerprint density at radius 3 is 2.59 bits per heavy atom. The molecule has 0 bridgehead atoms. The molecule has 0 radical (unpaired) electrons. The van der Waals surface area contributed by atoms with Crippen LogP contribution in [-0.2, 0) is 23.7 Å². The van der Waals surface area contributed by atoms with Crippen molar-refractivity contribution in [3.63, 3.8) is 0 Å². The molecule has 1 aliphatic heterocycles. The van der Waals surface area contributed by atoms with Crippen LogP contribution < -0.4 is 17.0 Å². The van der Waals surface area contributed by atoms with Crippen LogP contribution in [0, 0.1) is 5.92 Å². The number of amides is 2. The average molecular weight is 306 g/mol. The highest BCUT2D eigenvalue weighted by Gasteiger charge is 2.28. The summed E-state index contributed by atoms with van der Waals surface area (Å²) in [4.78, 5) is 48.1. The SMILES string of the molecule is Cn1cc(/C=C/C(=O)N2CC[C@H](C(N)=O)C2)c(=O)n(C)c1=O. The number of nitrogens with zero attached hydrogens (tertiary/aromatic N) is 3. The van der Waals surface area contributed by atoms with Crippen molar-refractivity contribution < 1.29 is 9.59 Å². The molecular formula is C14H18N4O4. The Morgan fingerprint density at radius 1 is 1.32 bits per heavy atom. The van der Waals surface area contributed by atoms with E-state index in [0.29, 0.717) is 19.5 Å². The van der Waals surface area contributed by atoms with Gasteiger partial charge in [-0.3, -0.25) is 19.0 Å². The number of rotatable bonds is 3. The van der Waals surface area contributed by atoms with Gasteiger partial charge in [-0.25, -0.2) is 4.79 Å². The van der Waals surface area contributed by atoms with Gasteiger partial charge < -0.3 is 15.2 Å². The molecule has 0 aromatic carbocycles. The van der Waals surface area contributed by atoms with E-state index in [-0.39, 0.29) is 17.4 Å². The van der Waals surface area contributed by atoms with Gasteiger partial charge >= 0.3 is 5.69 Å². The Morgan fingerprint density at radius 2 is 2.00 bits per heavy atom. The molecule has 1 aliphatic rings. The van der Waals surface area contributed by atoms with Crippen LogP contribution in [-0.4, -0.2) is 38.9 Å². The molecule has 1 aromatic rings. The van der Waals surface area contributed by atoms with Gasteiger partial charge in [0.05, 0.1) is 11.5 Å². The maximum atomic E-state index is 12.0. The molecule has 8 heteroatoms. The minimum atomic E-state index is -0.469. The molecule has 0 saturated carbocycles. The predicted octanol–water partition coefficient (Wildman–Crippen LogP) is -1.57. The fourth-order valence-corrected chi connectivity index (χ4v) is 2.41. The lowest BCUT2D eigenvalue weighted by Gasteiger charge is -2.13. The number of hydrogen-bond donors (Lipinski definition) is 1. The maximum Gasteiger partial charge on any atom is 0.330 e. The van der Waals surface area contributed by atoms with Crippen molar-refractivity contribution in [2.24, 2.45) is 25.7 Å². The van der Waals surface area contributed by atoms with Gasteiger partial charge in [0.2, 0.25) is 11.8 Å². The van der Waals surface area contributed by atoms with Gasteiger partial charge in [-0.15, -0.1) is 0 Å². The van der Waals surface area contributed by atoms with E-state index < -0.39 is 17.2 Å². The molecule has 1 aromatic heterocycles. The number of nitrogens with two attached hydrogens (primary N) is 1. The molecule has 1 atom stereocenters. The number of aryl methyl sites for hydroxylation is 1. The summed E-state index contributed by atoms with van der Waals surface area (Å²) in [7, 11) is 2.90. The summed E-state index contributed by atoms with van der Waals surface area (Å²) in [6, 6.07) is 0. The van der Waals surface area contributed by atoms with Gasteiger partial charge in [-0.2, -0.15) is 0 Å². The van der Waals surface area contributed by atoms with Gasteiger partial charge in [-0.05, 0) is 12.5 Å². The van der Waals surface area contributed by atoms with E-state index in [4.69, 9.17) is 5.73 Å². The normalized spacial score (nSPS) is 18.1. The highest BCUT2D eigenvalue weighted by molar-refractivity contribution is 5.92. The highest BCUT2D eigenvalue weighted by Crippen LogP contribution is 2.16. The molecule has 2 N–H and O–H groups in total. The first-order chi connectivity index (χ1) is 10.3. The smallest absolute Gasteiger partial charge is 0.330 e. The first-order valence-electron chi connectivity index (χ1n) is 6.84. The van der Waals surface area contributed by atoms with E-state index in [9.17, 15) is 19.2 Å². The van der Waals surface area contributed by atoms with Gasteiger partial charge in [0.1, 0.15) is 0 Å². The minimum absolute atomic E-state index is 0.239. The number of hydrogen-bond acceptors (Lipinski definition) is 4. The number of primary amides is 1.